The normalized spacial score (nSPS) is 18.5. The Hall–Kier alpha value is -1.81. The molecule has 1 aliphatic rings. The van der Waals surface area contributed by atoms with Crippen molar-refractivity contribution in [2.24, 2.45) is 0 Å². The lowest BCUT2D eigenvalue weighted by Gasteiger charge is -2.10. The van der Waals surface area contributed by atoms with Crippen LogP contribution in [0.5, 0.6) is 0 Å². The fraction of sp³-hybridized carbons (Fsp3) is 0.438. The van der Waals surface area contributed by atoms with E-state index in [1.165, 1.54) is 10.9 Å². The van der Waals surface area contributed by atoms with Gasteiger partial charge in [-0.3, -0.25) is 4.79 Å². The lowest BCUT2D eigenvalue weighted by atomic mass is 10.1. The number of aromatic amines is 1. The van der Waals surface area contributed by atoms with Gasteiger partial charge in [0, 0.05) is 31.3 Å². The Morgan fingerprint density at radius 2 is 2.35 bits per heavy atom. The second kappa shape index (κ2) is 6.09. The molecule has 2 N–H and O–H groups in total. The van der Waals surface area contributed by atoms with Gasteiger partial charge in [-0.1, -0.05) is 6.07 Å². The van der Waals surface area contributed by atoms with Crippen LogP contribution in [-0.4, -0.2) is 30.1 Å². The van der Waals surface area contributed by atoms with E-state index in [9.17, 15) is 4.79 Å². The van der Waals surface area contributed by atoms with Gasteiger partial charge in [-0.15, -0.1) is 0 Å². The maximum atomic E-state index is 11.8. The number of hydrogen-bond acceptors (Lipinski definition) is 2. The lowest BCUT2D eigenvalue weighted by molar-refractivity contribution is -0.121. The van der Waals surface area contributed by atoms with Crippen molar-refractivity contribution < 1.29 is 9.53 Å². The number of nitrogens with one attached hydrogen (secondary N) is 2. The highest BCUT2D eigenvalue weighted by molar-refractivity contribution is 5.80. The number of fused-ring (bicyclic) bond motifs is 1. The van der Waals surface area contributed by atoms with E-state index in [0.29, 0.717) is 13.0 Å². The van der Waals surface area contributed by atoms with Crippen LogP contribution in [0.4, 0.5) is 0 Å². The molecule has 0 bridgehead atoms. The second-order valence-electron chi connectivity index (χ2n) is 5.34. The Labute approximate surface area is 118 Å². The maximum Gasteiger partial charge on any atom is 0.220 e. The van der Waals surface area contributed by atoms with E-state index in [2.05, 4.69) is 34.6 Å². The third-order valence-electron chi connectivity index (χ3n) is 3.81. The van der Waals surface area contributed by atoms with Crippen LogP contribution in [0.1, 0.15) is 24.8 Å². The summed E-state index contributed by atoms with van der Waals surface area (Å²) in [5, 5.41) is 4.15. The first-order chi connectivity index (χ1) is 9.81. The number of rotatable bonds is 5. The summed E-state index contributed by atoms with van der Waals surface area (Å²) in [4.78, 5) is 15.0. The van der Waals surface area contributed by atoms with Gasteiger partial charge in [0.15, 0.2) is 0 Å². The number of benzene rings is 1. The van der Waals surface area contributed by atoms with Crippen molar-refractivity contribution in [2.75, 3.05) is 13.2 Å². The summed E-state index contributed by atoms with van der Waals surface area (Å²) >= 11 is 0. The fourth-order valence-corrected chi connectivity index (χ4v) is 2.64. The molecule has 1 amide bonds. The van der Waals surface area contributed by atoms with Crippen LogP contribution in [0.25, 0.3) is 10.9 Å². The number of amides is 1. The van der Waals surface area contributed by atoms with E-state index >= 15 is 0 Å². The van der Waals surface area contributed by atoms with Gasteiger partial charge in [0.05, 0.1) is 6.10 Å². The van der Waals surface area contributed by atoms with Gasteiger partial charge in [-0.05, 0) is 48.4 Å². The zero-order chi connectivity index (χ0) is 13.8. The van der Waals surface area contributed by atoms with Crippen LogP contribution in [-0.2, 0) is 16.0 Å². The molecule has 0 spiro atoms. The summed E-state index contributed by atoms with van der Waals surface area (Å²) in [6.07, 6.45) is 5.63. The number of H-pyrrole nitrogens is 1. The van der Waals surface area contributed by atoms with Gasteiger partial charge in [0.1, 0.15) is 0 Å². The molecule has 0 aliphatic carbocycles. The predicted octanol–water partition coefficient (Wildman–Crippen LogP) is 2.40. The summed E-state index contributed by atoms with van der Waals surface area (Å²) in [5.41, 5.74) is 2.33. The van der Waals surface area contributed by atoms with Crippen molar-refractivity contribution in [3.8, 4) is 0 Å². The minimum atomic E-state index is 0.106. The molecule has 0 saturated carbocycles. The lowest BCUT2D eigenvalue weighted by Crippen LogP contribution is -2.31. The Balaban J connectivity index is 1.46. The zero-order valence-electron chi connectivity index (χ0n) is 11.5. The van der Waals surface area contributed by atoms with E-state index in [1.54, 1.807) is 0 Å². The van der Waals surface area contributed by atoms with Crippen LogP contribution < -0.4 is 5.32 Å². The molecule has 2 heterocycles. The summed E-state index contributed by atoms with van der Waals surface area (Å²) < 4.78 is 5.49. The molecule has 20 heavy (non-hydrogen) atoms. The Bertz CT molecular complexity index is 585. The minimum Gasteiger partial charge on any atom is -0.376 e. The van der Waals surface area contributed by atoms with Gasteiger partial charge in [-0.2, -0.15) is 0 Å². The van der Waals surface area contributed by atoms with Crippen molar-refractivity contribution >= 4 is 16.8 Å². The molecule has 4 nitrogen and oxygen atoms in total. The molecule has 1 atom stereocenters. The number of ether oxygens (including phenoxy) is 1. The van der Waals surface area contributed by atoms with Crippen molar-refractivity contribution in [2.45, 2.75) is 31.8 Å². The summed E-state index contributed by atoms with van der Waals surface area (Å²) in [6, 6.07) is 8.33. The average molecular weight is 272 g/mol. The number of aryl methyl sites for hydroxylation is 1. The monoisotopic (exact) mass is 272 g/mol. The largest absolute Gasteiger partial charge is 0.376 e. The SMILES string of the molecule is O=C(CCc1ccc2[nH]ccc2c1)NC[C@H]1CCCO1. The summed E-state index contributed by atoms with van der Waals surface area (Å²) in [7, 11) is 0. The molecule has 0 radical (unpaired) electrons. The molecule has 1 aromatic carbocycles. The molecule has 1 saturated heterocycles. The standard InChI is InChI=1S/C16H20N2O2/c19-16(18-11-14-2-1-9-20-14)6-4-12-3-5-15-13(10-12)7-8-17-15/h3,5,7-8,10,14,17H,1-2,4,6,9,11H2,(H,18,19)/t14-/m1/s1. The Morgan fingerprint density at radius 1 is 1.40 bits per heavy atom. The van der Waals surface area contributed by atoms with Gasteiger partial charge >= 0.3 is 0 Å². The van der Waals surface area contributed by atoms with E-state index in [4.69, 9.17) is 4.74 Å². The van der Waals surface area contributed by atoms with Crippen LogP contribution in [0.3, 0.4) is 0 Å². The molecule has 1 aliphatic heterocycles. The van der Waals surface area contributed by atoms with Gasteiger partial charge in [0.25, 0.3) is 0 Å². The number of aromatic nitrogens is 1. The van der Waals surface area contributed by atoms with Gasteiger partial charge < -0.3 is 15.0 Å². The minimum absolute atomic E-state index is 0.106. The van der Waals surface area contributed by atoms with E-state index in [1.807, 2.05) is 6.20 Å². The van der Waals surface area contributed by atoms with Crippen molar-refractivity contribution in [3.05, 3.63) is 36.0 Å². The highest BCUT2D eigenvalue weighted by Gasteiger charge is 2.15. The molecule has 1 aromatic heterocycles. The number of carbonyl (C=O) groups excluding carboxylic acids is 1. The molecule has 4 heteroatoms. The molecular formula is C16H20N2O2. The topological polar surface area (TPSA) is 54.1 Å². The Morgan fingerprint density at radius 3 is 3.20 bits per heavy atom. The quantitative estimate of drug-likeness (QED) is 0.878. The number of carbonyl (C=O) groups is 1. The van der Waals surface area contributed by atoms with Crippen molar-refractivity contribution in [1.29, 1.82) is 0 Å². The fourth-order valence-electron chi connectivity index (χ4n) is 2.64. The molecule has 106 valence electrons. The van der Waals surface area contributed by atoms with Crippen LogP contribution >= 0.6 is 0 Å². The third-order valence-corrected chi connectivity index (χ3v) is 3.81. The molecular weight excluding hydrogens is 252 g/mol. The molecule has 1 fully saturated rings. The predicted molar refractivity (Wildman–Crippen MR) is 78.6 cm³/mol. The molecule has 3 rings (SSSR count). The van der Waals surface area contributed by atoms with Gasteiger partial charge in [0.2, 0.25) is 5.91 Å². The highest BCUT2D eigenvalue weighted by Crippen LogP contribution is 2.15. The van der Waals surface area contributed by atoms with Gasteiger partial charge in [-0.25, -0.2) is 0 Å². The first kappa shape index (κ1) is 13.2. The van der Waals surface area contributed by atoms with Crippen LogP contribution in [0.2, 0.25) is 0 Å². The highest BCUT2D eigenvalue weighted by atomic mass is 16.5. The third kappa shape index (κ3) is 3.20. The van der Waals surface area contributed by atoms with Crippen molar-refractivity contribution in [1.82, 2.24) is 10.3 Å². The van der Waals surface area contributed by atoms with E-state index in [-0.39, 0.29) is 12.0 Å². The maximum absolute atomic E-state index is 11.8. The molecule has 2 aromatic rings. The van der Waals surface area contributed by atoms with E-state index < -0.39 is 0 Å². The van der Waals surface area contributed by atoms with Crippen molar-refractivity contribution in [3.63, 3.8) is 0 Å². The Kier molecular flexibility index (Phi) is 4.02. The van der Waals surface area contributed by atoms with E-state index in [0.717, 1.165) is 31.4 Å². The first-order valence-electron chi connectivity index (χ1n) is 7.25. The average Bonchev–Trinajstić information content (AvgIpc) is 3.13. The summed E-state index contributed by atoms with van der Waals surface area (Å²) in [5.74, 6) is 0.106. The molecule has 0 unspecified atom stereocenters. The smallest absolute Gasteiger partial charge is 0.220 e. The first-order valence-corrected chi connectivity index (χ1v) is 7.25. The number of hydrogen-bond donors (Lipinski definition) is 2. The zero-order valence-corrected chi connectivity index (χ0v) is 11.5. The van der Waals surface area contributed by atoms with Crippen LogP contribution in [0.15, 0.2) is 30.5 Å². The second-order valence-corrected chi connectivity index (χ2v) is 5.34. The summed E-state index contributed by atoms with van der Waals surface area (Å²) in [6.45, 7) is 1.48. The van der Waals surface area contributed by atoms with Crippen LogP contribution in [0, 0.1) is 0 Å².